The molecule has 0 aromatic heterocycles. The first-order valence-corrected chi connectivity index (χ1v) is 10.2. The summed E-state index contributed by atoms with van der Waals surface area (Å²) in [6.07, 6.45) is 3.75. The van der Waals surface area contributed by atoms with Gasteiger partial charge in [-0.2, -0.15) is 0 Å². The van der Waals surface area contributed by atoms with Crippen LogP contribution in [0.25, 0.3) is 0 Å². The quantitative estimate of drug-likeness (QED) is 0.753. The van der Waals surface area contributed by atoms with E-state index in [0.29, 0.717) is 13.0 Å². The molecule has 1 saturated heterocycles. The zero-order chi connectivity index (χ0) is 19.8. The molecule has 1 unspecified atom stereocenters. The first-order chi connectivity index (χ1) is 13.6. The van der Waals surface area contributed by atoms with Crippen molar-refractivity contribution >= 4 is 11.7 Å². The second kappa shape index (κ2) is 10.2. The first-order valence-electron chi connectivity index (χ1n) is 10.2. The fourth-order valence-electron chi connectivity index (χ4n) is 3.61. The number of anilines is 1. The number of hydrogen-bond donors (Lipinski definition) is 2. The van der Waals surface area contributed by atoms with Gasteiger partial charge in [0.15, 0.2) is 0 Å². The number of urea groups is 1. The van der Waals surface area contributed by atoms with Gasteiger partial charge in [0.25, 0.3) is 0 Å². The molecular weight excluding hydrogens is 350 g/mol. The molecule has 2 aromatic carbocycles. The van der Waals surface area contributed by atoms with Crippen LogP contribution in [0.5, 0.6) is 0 Å². The van der Waals surface area contributed by atoms with Crippen LogP contribution in [0.2, 0.25) is 0 Å². The summed E-state index contributed by atoms with van der Waals surface area (Å²) in [4.78, 5) is 16.7. The molecule has 0 radical (unpaired) electrons. The smallest absolute Gasteiger partial charge is 0.321 e. The number of para-hydroxylation sites is 1. The van der Waals surface area contributed by atoms with Crippen molar-refractivity contribution in [2.75, 3.05) is 32.0 Å². The number of nitrogens with zero attached hydrogens (tertiary/aromatic N) is 2. The van der Waals surface area contributed by atoms with Crippen LogP contribution in [0, 0.1) is 0 Å². The summed E-state index contributed by atoms with van der Waals surface area (Å²) in [5, 5.41) is 13.3. The highest BCUT2D eigenvalue weighted by molar-refractivity contribution is 5.90. The van der Waals surface area contributed by atoms with Crippen molar-refractivity contribution in [3.63, 3.8) is 0 Å². The SMILES string of the molecule is CN(CCC(O)c1ccccc1)C(=O)Nc1ccccc1CN1CCCCC1. The molecule has 2 aromatic rings. The lowest BCUT2D eigenvalue weighted by Gasteiger charge is -2.27. The van der Waals surface area contributed by atoms with Crippen LogP contribution < -0.4 is 5.32 Å². The Morgan fingerprint density at radius 2 is 1.75 bits per heavy atom. The first kappa shape index (κ1) is 20.4. The van der Waals surface area contributed by atoms with Crippen molar-refractivity contribution in [3.05, 3.63) is 65.7 Å². The molecular formula is C23H31N3O2. The highest BCUT2D eigenvalue weighted by atomic mass is 16.3. The van der Waals surface area contributed by atoms with E-state index in [4.69, 9.17) is 0 Å². The van der Waals surface area contributed by atoms with Crippen LogP contribution in [0.4, 0.5) is 10.5 Å². The third kappa shape index (κ3) is 5.81. The number of piperidine rings is 1. The number of rotatable bonds is 7. The van der Waals surface area contributed by atoms with Crippen molar-refractivity contribution in [2.45, 2.75) is 38.3 Å². The minimum absolute atomic E-state index is 0.147. The summed E-state index contributed by atoms with van der Waals surface area (Å²) in [5.41, 5.74) is 2.90. The van der Waals surface area contributed by atoms with Crippen molar-refractivity contribution in [1.29, 1.82) is 0 Å². The van der Waals surface area contributed by atoms with Crippen LogP contribution in [-0.2, 0) is 6.54 Å². The Balaban J connectivity index is 1.53. The third-order valence-electron chi connectivity index (χ3n) is 5.37. The summed E-state index contributed by atoms with van der Waals surface area (Å²) in [6.45, 7) is 3.60. The number of nitrogens with one attached hydrogen (secondary N) is 1. The molecule has 5 nitrogen and oxygen atoms in total. The Bertz CT molecular complexity index is 745. The number of aliphatic hydroxyl groups is 1. The second-order valence-corrected chi connectivity index (χ2v) is 7.56. The maximum atomic E-state index is 12.6. The minimum Gasteiger partial charge on any atom is -0.388 e. The molecule has 0 aliphatic carbocycles. The van der Waals surface area contributed by atoms with Gasteiger partial charge >= 0.3 is 6.03 Å². The topological polar surface area (TPSA) is 55.8 Å². The number of likely N-dealkylation sites (tertiary alicyclic amines) is 1. The van der Waals surface area contributed by atoms with Gasteiger partial charge in [-0.3, -0.25) is 4.90 Å². The number of carbonyl (C=O) groups is 1. The average molecular weight is 382 g/mol. The van der Waals surface area contributed by atoms with Crippen molar-refractivity contribution in [1.82, 2.24) is 9.80 Å². The lowest BCUT2D eigenvalue weighted by molar-refractivity contribution is 0.152. The second-order valence-electron chi connectivity index (χ2n) is 7.56. The lowest BCUT2D eigenvalue weighted by Crippen LogP contribution is -2.34. The maximum Gasteiger partial charge on any atom is 0.321 e. The monoisotopic (exact) mass is 381 g/mol. The molecule has 0 saturated carbocycles. The van der Waals surface area contributed by atoms with Gasteiger partial charge in [-0.15, -0.1) is 0 Å². The van der Waals surface area contributed by atoms with Gasteiger partial charge in [-0.25, -0.2) is 4.79 Å². The average Bonchev–Trinajstić information content (AvgIpc) is 2.74. The summed E-state index contributed by atoms with van der Waals surface area (Å²) < 4.78 is 0. The van der Waals surface area contributed by atoms with Gasteiger partial charge in [-0.1, -0.05) is 55.0 Å². The Morgan fingerprint density at radius 3 is 2.50 bits per heavy atom. The van der Waals surface area contributed by atoms with Gasteiger partial charge in [0, 0.05) is 25.8 Å². The molecule has 1 heterocycles. The Labute approximate surface area is 168 Å². The van der Waals surface area contributed by atoms with E-state index in [1.807, 2.05) is 48.5 Å². The molecule has 1 fully saturated rings. The molecule has 1 aliphatic rings. The molecule has 2 amide bonds. The molecule has 28 heavy (non-hydrogen) atoms. The van der Waals surface area contributed by atoms with Crippen LogP contribution in [0.1, 0.15) is 42.9 Å². The normalized spacial score (nSPS) is 15.8. The van der Waals surface area contributed by atoms with Crippen molar-refractivity contribution in [3.8, 4) is 0 Å². The fraction of sp³-hybridized carbons (Fsp3) is 0.435. The van der Waals surface area contributed by atoms with Crippen molar-refractivity contribution in [2.24, 2.45) is 0 Å². The van der Waals surface area contributed by atoms with Gasteiger partial charge in [0.1, 0.15) is 0 Å². The summed E-state index contributed by atoms with van der Waals surface area (Å²) in [6, 6.07) is 17.4. The molecule has 0 spiro atoms. The summed E-state index contributed by atoms with van der Waals surface area (Å²) >= 11 is 0. The Kier molecular flexibility index (Phi) is 7.46. The highest BCUT2D eigenvalue weighted by Crippen LogP contribution is 2.21. The predicted molar refractivity (Wildman–Crippen MR) is 113 cm³/mol. The van der Waals surface area contributed by atoms with E-state index in [2.05, 4.69) is 16.3 Å². The number of hydrogen-bond acceptors (Lipinski definition) is 3. The number of benzene rings is 2. The number of aliphatic hydroxyl groups excluding tert-OH is 1. The van der Waals surface area contributed by atoms with E-state index >= 15 is 0 Å². The largest absolute Gasteiger partial charge is 0.388 e. The van der Waals surface area contributed by atoms with Gasteiger partial charge in [0.2, 0.25) is 0 Å². The van der Waals surface area contributed by atoms with Gasteiger partial charge in [0.05, 0.1) is 6.10 Å². The molecule has 2 N–H and O–H groups in total. The zero-order valence-corrected chi connectivity index (χ0v) is 16.7. The number of amides is 2. The highest BCUT2D eigenvalue weighted by Gasteiger charge is 2.16. The Morgan fingerprint density at radius 1 is 1.07 bits per heavy atom. The molecule has 3 rings (SSSR count). The van der Waals surface area contributed by atoms with E-state index < -0.39 is 6.10 Å². The van der Waals surface area contributed by atoms with E-state index in [1.54, 1.807) is 11.9 Å². The van der Waals surface area contributed by atoms with Crippen LogP contribution in [0.15, 0.2) is 54.6 Å². The van der Waals surface area contributed by atoms with Gasteiger partial charge in [-0.05, 0) is 49.5 Å². The lowest BCUT2D eigenvalue weighted by atomic mass is 10.1. The van der Waals surface area contributed by atoms with Crippen molar-refractivity contribution < 1.29 is 9.90 Å². The standard InChI is InChI=1S/C23H31N3O2/c1-25(17-14-22(27)19-10-4-2-5-11-19)23(28)24-21-13-7-6-12-20(21)18-26-15-8-3-9-16-26/h2,4-7,10-13,22,27H,3,8-9,14-18H2,1H3,(H,24,28). The molecule has 1 aliphatic heterocycles. The van der Waals surface area contributed by atoms with Crippen LogP contribution in [-0.4, -0.2) is 47.6 Å². The zero-order valence-electron chi connectivity index (χ0n) is 16.7. The predicted octanol–water partition coefficient (Wildman–Crippen LogP) is 4.26. The van der Waals surface area contributed by atoms with E-state index in [0.717, 1.165) is 36.4 Å². The molecule has 5 heteroatoms. The summed E-state index contributed by atoms with van der Waals surface area (Å²) in [7, 11) is 1.76. The van der Waals surface area contributed by atoms with E-state index in [-0.39, 0.29) is 6.03 Å². The molecule has 150 valence electrons. The van der Waals surface area contributed by atoms with Crippen LogP contribution in [0.3, 0.4) is 0 Å². The van der Waals surface area contributed by atoms with E-state index in [1.165, 1.54) is 19.3 Å². The molecule has 0 bridgehead atoms. The van der Waals surface area contributed by atoms with Gasteiger partial charge < -0.3 is 15.3 Å². The Hall–Kier alpha value is -2.37. The molecule has 1 atom stereocenters. The van der Waals surface area contributed by atoms with Crippen LogP contribution >= 0.6 is 0 Å². The summed E-state index contributed by atoms with van der Waals surface area (Å²) in [5.74, 6) is 0. The fourth-order valence-corrected chi connectivity index (χ4v) is 3.61. The maximum absolute atomic E-state index is 12.6. The number of carbonyl (C=O) groups excluding carboxylic acids is 1. The van der Waals surface area contributed by atoms with E-state index in [9.17, 15) is 9.90 Å². The third-order valence-corrected chi connectivity index (χ3v) is 5.37. The minimum atomic E-state index is -0.567.